The third-order valence-electron chi connectivity index (χ3n) is 0.436. The Labute approximate surface area is 54.2 Å². The summed E-state index contributed by atoms with van der Waals surface area (Å²) in [6.07, 6.45) is 0. The van der Waals surface area contributed by atoms with Crippen LogP contribution in [-0.4, -0.2) is 25.5 Å². The highest BCUT2D eigenvalue weighted by Crippen LogP contribution is 2.10. The quantitative estimate of drug-likeness (QED) is 0.563. The van der Waals surface area contributed by atoms with E-state index in [9.17, 15) is 0 Å². The van der Waals surface area contributed by atoms with Gasteiger partial charge in [-0.15, -0.1) is 0 Å². The Bertz CT molecular complexity index is 39.0. The van der Waals surface area contributed by atoms with Crippen molar-refractivity contribution in [2.45, 2.75) is 0 Å². The normalized spacial score (nSPS) is 11.1. The molecule has 0 saturated carbocycles. The fourth-order valence-corrected chi connectivity index (χ4v) is 0.717. The molecule has 43 valence electrons. The second kappa shape index (κ2) is 3.53. The lowest BCUT2D eigenvalue weighted by Crippen LogP contribution is -2.14. The maximum atomic E-state index is 5.31. The van der Waals surface area contributed by atoms with Gasteiger partial charge in [-0.25, -0.2) is 0 Å². The van der Waals surface area contributed by atoms with Crippen molar-refractivity contribution in [1.82, 2.24) is 4.90 Å². The molecule has 0 bridgehead atoms. The maximum absolute atomic E-state index is 5.31. The van der Waals surface area contributed by atoms with Crippen LogP contribution in [0.4, 0.5) is 0 Å². The zero-order valence-corrected chi connectivity index (χ0v) is 5.92. The molecule has 0 rings (SSSR count). The second-order valence-corrected chi connectivity index (χ2v) is 2.68. The van der Waals surface area contributed by atoms with Crippen LogP contribution in [0.5, 0.6) is 0 Å². The van der Waals surface area contributed by atoms with Crippen molar-refractivity contribution in [3.8, 4) is 0 Å². The molecule has 0 aliphatic rings. The number of nitrogens with zero attached hydrogens (tertiary/aromatic N) is 1. The molecule has 0 unspecified atom stereocenters. The molecule has 3 heteroatoms. The van der Waals surface area contributed by atoms with Gasteiger partial charge in [0.05, 0.1) is 0 Å². The summed E-state index contributed by atoms with van der Waals surface area (Å²) in [6.45, 7) is 0.642. The van der Waals surface area contributed by atoms with E-state index in [2.05, 4.69) is 0 Å². The van der Waals surface area contributed by atoms with Crippen LogP contribution in [0.25, 0.3) is 0 Å². The average Bonchev–Trinajstić information content (AvgIpc) is 1.27. The molecule has 0 aromatic rings. The van der Waals surface area contributed by atoms with Gasteiger partial charge in [-0.3, -0.25) is 0 Å². The summed E-state index contributed by atoms with van der Waals surface area (Å²) in [7, 11) is 3.82. The van der Waals surface area contributed by atoms with Gasteiger partial charge in [-0.1, -0.05) is 23.2 Å². The monoisotopic (exact) mass is 140 g/mol. The smallest absolute Gasteiger partial charge is 0.164 e. The molecule has 1 nitrogen and oxygen atoms in total. The van der Waals surface area contributed by atoms with Gasteiger partial charge < -0.3 is 4.90 Å². The van der Waals surface area contributed by atoms with Crippen LogP contribution in [0.3, 0.4) is 0 Å². The predicted molar refractivity (Wildman–Crippen MR) is 33.5 cm³/mol. The number of halogens is 2. The molecule has 7 heavy (non-hydrogen) atoms. The minimum Gasteiger partial charge on any atom is -0.306 e. The zero-order chi connectivity index (χ0) is 5.86. The van der Waals surface area contributed by atoms with Gasteiger partial charge in [0.1, 0.15) is 0 Å². The lowest BCUT2D eigenvalue weighted by Gasteiger charge is -2.06. The lowest BCUT2D eigenvalue weighted by atomic mass is 10.7. The number of rotatable bonds is 2. The second-order valence-electron chi connectivity index (χ2n) is 1.58. The van der Waals surface area contributed by atoms with Gasteiger partial charge in [-0.2, -0.15) is 0 Å². The first-order valence-corrected chi connectivity index (χ1v) is 2.70. The van der Waals surface area contributed by atoms with Crippen LogP contribution in [0.2, 0.25) is 0 Å². The van der Waals surface area contributed by atoms with Gasteiger partial charge in [0.25, 0.3) is 0 Å². The summed E-state index contributed by atoms with van der Waals surface area (Å²) >= 11 is 10.6. The van der Waals surface area contributed by atoms with E-state index in [-0.39, 0.29) is 0 Å². The molecule has 0 aromatic carbocycles. The average molecular weight is 141 g/mol. The van der Waals surface area contributed by atoms with Crippen LogP contribution < -0.4 is 0 Å². The summed E-state index contributed by atoms with van der Waals surface area (Å²) in [5.41, 5.74) is 0. The molecule has 0 aliphatic carbocycles. The molecule has 0 fully saturated rings. The molecule has 0 spiro atoms. The third-order valence-corrected chi connectivity index (χ3v) is 0.675. The van der Waals surface area contributed by atoms with E-state index < -0.39 is 0 Å². The van der Waals surface area contributed by atoms with E-state index in [1.165, 1.54) is 0 Å². The Hall–Kier alpha value is 0.540. The van der Waals surface area contributed by atoms with Crippen molar-refractivity contribution in [2.75, 3.05) is 20.6 Å². The Balaban J connectivity index is 2.95. The fraction of sp³-hybridized carbons (Fsp3) is 0.750. The predicted octanol–water partition coefficient (Wildman–Crippen LogP) is 1.52. The van der Waals surface area contributed by atoms with Crippen molar-refractivity contribution in [2.24, 2.45) is 0 Å². The molecule has 0 aliphatic heterocycles. The Morgan fingerprint density at radius 3 is 1.86 bits per heavy atom. The van der Waals surface area contributed by atoms with Crippen molar-refractivity contribution in [3.05, 3.63) is 4.84 Å². The van der Waals surface area contributed by atoms with Gasteiger partial charge in [0.2, 0.25) is 0 Å². The van der Waals surface area contributed by atoms with Gasteiger partial charge in [0.15, 0.2) is 4.84 Å². The van der Waals surface area contributed by atoms with Crippen LogP contribution in [0, 0.1) is 4.84 Å². The Morgan fingerprint density at radius 2 is 1.86 bits per heavy atom. The largest absolute Gasteiger partial charge is 0.306 e. The van der Waals surface area contributed by atoms with E-state index in [0.717, 1.165) is 0 Å². The van der Waals surface area contributed by atoms with Crippen molar-refractivity contribution in [3.63, 3.8) is 0 Å². The van der Waals surface area contributed by atoms with Gasteiger partial charge >= 0.3 is 0 Å². The van der Waals surface area contributed by atoms with Crippen molar-refractivity contribution >= 4 is 23.2 Å². The van der Waals surface area contributed by atoms with E-state index in [1.54, 1.807) is 0 Å². The van der Waals surface area contributed by atoms with Crippen molar-refractivity contribution in [1.29, 1.82) is 0 Å². The minimum atomic E-state index is 0.407. The maximum Gasteiger partial charge on any atom is 0.164 e. The first kappa shape index (κ1) is 7.54. The first-order valence-electron chi connectivity index (χ1n) is 1.94. The first-order chi connectivity index (χ1) is 3.13. The van der Waals surface area contributed by atoms with E-state index in [1.807, 2.05) is 19.0 Å². The van der Waals surface area contributed by atoms with E-state index in [4.69, 9.17) is 23.2 Å². The summed E-state index contributed by atoms with van der Waals surface area (Å²) in [6, 6.07) is 0. The topological polar surface area (TPSA) is 3.24 Å². The lowest BCUT2D eigenvalue weighted by molar-refractivity contribution is 0.446. The fourth-order valence-electron chi connectivity index (χ4n) is 0.239. The van der Waals surface area contributed by atoms with Crippen LogP contribution in [-0.2, 0) is 0 Å². The molecule has 0 aromatic heterocycles. The molecule has 0 N–H and O–H groups in total. The van der Waals surface area contributed by atoms with Gasteiger partial charge in [-0.05, 0) is 14.1 Å². The zero-order valence-electron chi connectivity index (χ0n) is 4.41. The Morgan fingerprint density at radius 1 is 1.43 bits per heavy atom. The standard InChI is InChI=1S/C4H8Cl2N/c1-7(2)3-4(5)6/h3H2,1-2H3. The highest BCUT2D eigenvalue weighted by Gasteiger charge is 1.98. The SMILES string of the molecule is CN(C)C[C](Cl)Cl. The number of hydrogen-bond acceptors (Lipinski definition) is 1. The molecule has 0 saturated heterocycles. The van der Waals surface area contributed by atoms with Crippen LogP contribution in [0.15, 0.2) is 0 Å². The summed E-state index contributed by atoms with van der Waals surface area (Å²) < 4.78 is 0. The van der Waals surface area contributed by atoms with E-state index in [0.29, 0.717) is 11.4 Å². The molecule has 0 heterocycles. The van der Waals surface area contributed by atoms with Crippen LogP contribution in [0.1, 0.15) is 0 Å². The van der Waals surface area contributed by atoms with Gasteiger partial charge in [0, 0.05) is 6.54 Å². The van der Waals surface area contributed by atoms with Crippen LogP contribution >= 0.6 is 23.2 Å². The molecule has 0 atom stereocenters. The summed E-state index contributed by atoms with van der Waals surface area (Å²) in [5, 5.41) is 0. The highest BCUT2D eigenvalue weighted by molar-refractivity contribution is 6.52. The Kier molecular flexibility index (Phi) is 3.80. The van der Waals surface area contributed by atoms with E-state index >= 15 is 0 Å². The third kappa shape index (κ3) is 6.54. The summed E-state index contributed by atoms with van der Waals surface area (Å²) in [5.74, 6) is 0. The summed E-state index contributed by atoms with van der Waals surface area (Å²) in [4.78, 5) is 2.31. The highest BCUT2D eigenvalue weighted by atomic mass is 35.5. The molecular formula is C4H8Cl2N. The molecular weight excluding hydrogens is 133 g/mol. The number of hydrogen-bond donors (Lipinski definition) is 0. The molecule has 0 amide bonds. The molecule has 1 radical (unpaired) electrons. The van der Waals surface area contributed by atoms with Crippen molar-refractivity contribution < 1.29 is 0 Å². The minimum absolute atomic E-state index is 0.407.